The Bertz CT molecular complexity index is 854. The summed E-state index contributed by atoms with van der Waals surface area (Å²) < 4.78 is 0. The van der Waals surface area contributed by atoms with Gasteiger partial charge in [0.25, 0.3) is 0 Å². The lowest BCUT2D eigenvalue weighted by Gasteiger charge is -2.72. The van der Waals surface area contributed by atoms with Crippen molar-refractivity contribution in [1.29, 1.82) is 0 Å². The highest BCUT2D eigenvalue weighted by molar-refractivity contribution is 5.19. The molecule has 4 rings (SSSR count). The number of hydrogen-bond acceptors (Lipinski definition) is 3. The van der Waals surface area contributed by atoms with E-state index in [4.69, 9.17) is 0 Å². The second-order valence-electron chi connectivity index (χ2n) is 17.5. The highest BCUT2D eigenvalue weighted by Crippen LogP contribution is 2.73. The Morgan fingerprint density at radius 3 is 2.15 bits per heavy atom. The van der Waals surface area contributed by atoms with Crippen LogP contribution in [0.1, 0.15) is 134 Å². The highest BCUT2D eigenvalue weighted by atomic mass is 16.3. The van der Waals surface area contributed by atoms with E-state index in [1.807, 2.05) is 6.92 Å². The molecule has 0 heterocycles. The van der Waals surface area contributed by atoms with Gasteiger partial charge in [-0.25, -0.2) is 0 Å². The summed E-state index contributed by atoms with van der Waals surface area (Å²) >= 11 is 0. The van der Waals surface area contributed by atoms with Gasteiger partial charge < -0.3 is 15.3 Å². The van der Waals surface area contributed by atoms with Gasteiger partial charge in [0.05, 0.1) is 18.3 Å². The monoisotopic (exact) mass is 561 g/mol. The molecular formula is C37H68O3. The lowest BCUT2D eigenvalue weighted by molar-refractivity contribution is -0.281. The van der Waals surface area contributed by atoms with E-state index < -0.39 is 12.2 Å². The quantitative estimate of drug-likeness (QED) is 0.261. The number of unbranched alkanes of at least 4 members (excludes halogenated alkanes) is 2. The Morgan fingerprint density at radius 2 is 1.57 bits per heavy atom. The lowest BCUT2D eigenvalue weighted by atomic mass is 9.33. The summed E-state index contributed by atoms with van der Waals surface area (Å²) in [5, 5.41) is 35.4. The Balaban J connectivity index is 1.68. The van der Waals surface area contributed by atoms with Crippen LogP contribution in [-0.2, 0) is 0 Å². The standard InChI is InChI=1S/C37H68O3/c1-12-13-14-15-22(4)16-27-17-28(21(2)3)29-19-35(9)20-36(10)18-23(5)30(26(8)38)34(40)37(36,11)25(7)32(35)33(39)31(29)24(27)6/h21-34,38-40H,12-20H2,1-11H3. The van der Waals surface area contributed by atoms with Crippen molar-refractivity contribution in [2.75, 3.05) is 0 Å². The zero-order chi connectivity index (χ0) is 29.9. The Morgan fingerprint density at radius 1 is 0.925 bits per heavy atom. The Hall–Kier alpha value is -0.120. The van der Waals surface area contributed by atoms with Crippen molar-refractivity contribution in [3.8, 4) is 0 Å². The third-order valence-corrected chi connectivity index (χ3v) is 14.6. The molecule has 0 amide bonds. The molecule has 0 radical (unpaired) electrons. The molecule has 0 spiro atoms. The molecule has 16 atom stereocenters. The first-order valence-electron chi connectivity index (χ1n) is 17.6. The average Bonchev–Trinajstić information content (AvgIpc) is 2.82. The molecule has 3 nitrogen and oxygen atoms in total. The summed E-state index contributed by atoms with van der Waals surface area (Å²) in [5.74, 6) is 4.88. The van der Waals surface area contributed by atoms with Crippen molar-refractivity contribution in [3.05, 3.63) is 0 Å². The molecule has 3 heteroatoms. The topological polar surface area (TPSA) is 60.7 Å². The minimum absolute atomic E-state index is 0.00147. The normalized spacial score (nSPS) is 52.4. The number of hydrogen-bond donors (Lipinski definition) is 3. The zero-order valence-electron chi connectivity index (χ0n) is 28.3. The fraction of sp³-hybridized carbons (Fsp3) is 1.00. The Labute approximate surface area is 248 Å². The number of aliphatic hydroxyl groups is 3. The SMILES string of the molecule is CCCCCC(C)CC1CC(C(C)C)C2CC3(C)CC4(C)CC(C)C(C(C)O)C(O)C4(C)C(C)C3C(O)C2C1C. The first-order chi connectivity index (χ1) is 18.5. The van der Waals surface area contributed by atoms with Crippen LogP contribution in [0.15, 0.2) is 0 Å². The van der Waals surface area contributed by atoms with Gasteiger partial charge in [-0.05, 0) is 109 Å². The van der Waals surface area contributed by atoms with Gasteiger partial charge in [0, 0.05) is 11.3 Å². The summed E-state index contributed by atoms with van der Waals surface area (Å²) in [6.07, 6.45) is 9.96. The van der Waals surface area contributed by atoms with E-state index in [1.165, 1.54) is 44.9 Å². The summed E-state index contributed by atoms with van der Waals surface area (Å²) in [5.41, 5.74) is -0.237. The van der Waals surface area contributed by atoms with Gasteiger partial charge in [-0.15, -0.1) is 0 Å². The third kappa shape index (κ3) is 5.16. The minimum Gasteiger partial charge on any atom is -0.393 e. The molecular weight excluding hydrogens is 492 g/mol. The molecule has 4 saturated carbocycles. The molecule has 0 aromatic heterocycles. The van der Waals surface area contributed by atoms with E-state index in [9.17, 15) is 15.3 Å². The molecule has 3 N–H and O–H groups in total. The van der Waals surface area contributed by atoms with Gasteiger partial charge in [0.2, 0.25) is 0 Å². The van der Waals surface area contributed by atoms with E-state index >= 15 is 0 Å². The van der Waals surface area contributed by atoms with E-state index in [2.05, 4.69) is 69.2 Å². The van der Waals surface area contributed by atoms with Crippen LogP contribution in [0, 0.1) is 81.3 Å². The maximum Gasteiger partial charge on any atom is 0.0656 e. The molecule has 0 bridgehead atoms. The van der Waals surface area contributed by atoms with Crippen LogP contribution in [0.3, 0.4) is 0 Å². The molecule has 4 aliphatic rings. The second-order valence-corrected chi connectivity index (χ2v) is 17.5. The van der Waals surface area contributed by atoms with Crippen LogP contribution in [0.4, 0.5) is 0 Å². The Kier molecular flexibility index (Phi) is 9.64. The number of fused-ring (bicyclic) bond motifs is 3. The van der Waals surface area contributed by atoms with E-state index in [0.717, 1.165) is 18.8 Å². The van der Waals surface area contributed by atoms with E-state index in [0.29, 0.717) is 41.4 Å². The largest absolute Gasteiger partial charge is 0.393 e. The van der Waals surface area contributed by atoms with Crippen molar-refractivity contribution in [2.24, 2.45) is 81.3 Å². The van der Waals surface area contributed by atoms with Crippen LogP contribution >= 0.6 is 0 Å². The fourth-order valence-corrected chi connectivity index (χ4v) is 12.7. The zero-order valence-corrected chi connectivity index (χ0v) is 28.3. The minimum atomic E-state index is -0.547. The van der Waals surface area contributed by atoms with Crippen molar-refractivity contribution in [3.63, 3.8) is 0 Å². The van der Waals surface area contributed by atoms with Crippen molar-refractivity contribution in [2.45, 2.75) is 152 Å². The molecule has 40 heavy (non-hydrogen) atoms. The molecule has 16 unspecified atom stereocenters. The third-order valence-electron chi connectivity index (χ3n) is 14.6. The van der Waals surface area contributed by atoms with Crippen LogP contribution in [0.5, 0.6) is 0 Å². The predicted molar refractivity (Wildman–Crippen MR) is 168 cm³/mol. The summed E-state index contributed by atoms with van der Waals surface area (Å²) in [4.78, 5) is 0. The highest BCUT2D eigenvalue weighted by Gasteiger charge is 2.70. The maximum atomic E-state index is 12.6. The number of aliphatic hydroxyl groups excluding tert-OH is 3. The van der Waals surface area contributed by atoms with Crippen molar-refractivity contribution < 1.29 is 15.3 Å². The molecule has 0 aromatic rings. The summed E-state index contributed by atoms with van der Waals surface area (Å²) in [6, 6.07) is 0. The molecule has 0 aromatic carbocycles. The fourth-order valence-electron chi connectivity index (χ4n) is 12.7. The predicted octanol–water partition coefficient (Wildman–Crippen LogP) is 8.59. The first kappa shape index (κ1) is 32.8. The van der Waals surface area contributed by atoms with E-state index in [-0.39, 0.29) is 40.1 Å². The van der Waals surface area contributed by atoms with Gasteiger partial charge in [-0.1, -0.05) is 94.9 Å². The molecule has 0 saturated heterocycles. The van der Waals surface area contributed by atoms with E-state index in [1.54, 1.807) is 0 Å². The van der Waals surface area contributed by atoms with Crippen molar-refractivity contribution >= 4 is 0 Å². The lowest BCUT2D eigenvalue weighted by Crippen LogP contribution is -2.70. The van der Waals surface area contributed by atoms with Crippen LogP contribution in [0.2, 0.25) is 0 Å². The average molecular weight is 561 g/mol. The summed E-state index contributed by atoms with van der Waals surface area (Å²) in [6.45, 7) is 25.9. The van der Waals surface area contributed by atoms with Gasteiger partial charge >= 0.3 is 0 Å². The number of rotatable bonds is 8. The molecule has 4 fully saturated rings. The molecule has 4 aliphatic carbocycles. The summed E-state index contributed by atoms with van der Waals surface area (Å²) in [7, 11) is 0. The van der Waals surface area contributed by atoms with Crippen LogP contribution in [-0.4, -0.2) is 33.6 Å². The van der Waals surface area contributed by atoms with Gasteiger partial charge in [-0.2, -0.15) is 0 Å². The van der Waals surface area contributed by atoms with Gasteiger partial charge in [0.15, 0.2) is 0 Å². The van der Waals surface area contributed by atoms with Crippen LogP contribution in [0.25, 0.3) is 0 Å². The van der Waals surface area contributed by atoms with Gasteiger partial charge in [-0.3, -0.25) is 0 Å². The molecule has 234 valence electrons. The smallest absolute Gasteiger partial charge is 0.0656 e. The van der Waals surface area contributed by atoms with Crippen LogP contribution < -0.4 is 0 Å². The first-order valence-corrected chi connectivity index (χ1v) is 17.6. The van der Waals surface area contributed by atoms with Gasteiger partial charge in [0.1, 0.15) is 0 Å². The van der Waals surface area contributed by atoms with Crippen molar-refractivity contribution in [1.82, 2.24) is 0 Å². The molecule has 0 aliphatic heterocycles. The second kappa shape index (κ2) is 11.8. The maximum absolute atomic E-state index is 12.6.